The van der Waals surface area contributed by atoms with E-state index in [4.69, 9.17) is 11.6 Å². The van der Waals surface area contributed by atoms with Crippen LogP contribution in [0.3, 0.4) is 0 Å². The van der Waals surface area contributed by atoms with Gasteiger partial charge >= 0.3 is 0 Å². The third-order valence-electron chi connectivity index (χ3n) is 3.71. The molecule has 0 aliphatic carbocycles. The highest BCUT2D eigenvalue weighted by Gasteiger charge is 2.34. The van der Waals surface area contributed by atoms with Gasteiger partial charge in [0.2, 0.25) is 11.8 Å². The number of rotatable bonds is 3. The summed E-state index contributed by atoms with van der Waals surface area (Å²) >= 11 is 7.16. The van der Waals surface area contributed by atoms with Crippen molar-refractivity contribution in [2.45, 2.75) is 11.7 Å². The minimum absolute atomic E-state index is 0.0583. The van der Waals surface area contributed by atoms with Crippen molar-refractivity contribution >= 4 is 51.7 Å². The number of hydrogen-bond donors (Lipinski definition) is 1. The number of benzene rings is 2. The molecule has 0 radical (unpaired) electrons. The summed E-state index contributed by atoms with van der Waals surface area (Å²) in [5, 5.41) is 3.02. The molecule has 1 heterocycles. The van der Waals surface area contributed by atoms with E-state index in [1.165, 1.54) is 40.9 Å². The molecule has 134 valence electrons. The number of hydrogen-bond acceptors (Lipinski definition) is 4. The van der Waals surface area contributed by atoms with Gasteiger partial charge in [0.05, 0.1) is 5.69 Å². The summed E-state index contributed by atoms with van der Waals surface area (Å²) in [6, 6.07) is 12.4. The normalized spacial score (nSPS) is 18.9. The molecule has 0 bridgehead atoms. The molecule has 1 aliphatic heterocycles. The third kappa shape index (κ3) is 4.42. The van der Waals surface area contributed by atoms with Crippen molar-refractivity contribution in [2.75, 3.05) is 12.4 Å². The Morgan fingerprint density at radius 3 is 2.73 bits per heavy atom. The predicted molar refractivity (Wildman–Crippen MR) is 102 cm³/mol. The molecule has 0 saturated carbocycles. The van der Waals surface area contributed by atoms with Crippen molar-refractivity contribution in [1.82, 2.24) is 4.90 Å². The van der Waals surface area contributed by atoms with Gasteiger partial charge in [0.1, 0.15) is 11.1 Å². The zero-order chi connectivity index (χ0) is 18.7. The van der Waals surface area contributed by atoms with Crippen molar-refractivity contribution in [3.05, 3.63) is 59.4 Å². The molecular weight excluding hydrogens is 377 g/mol. The van der Waals surface area contributed by atoms with Crippen molar-refractivity contribution < 1.29 is 14.0 Å². The Kier molecular flexibility index (Phi) is 5.58. The minimum atomic E-state index is -0.623. The highest BCUT2D eigenvalue weighted by molar-refractivity contribution is 8.15. The molecule has 1 N–H and O–H groups in total. The van der Waals surface area contributed by atoms with E-state index in [1.807, 2.05) is 0 Å². The Bertz CT molecular complexity index is 873. The van der Waals surface area contributed by atoms with Crippen LogP contribution < -0.4 is 5.32 Å². The zero-order valence-corrected chi connectivity index (χ0v) is 15.4. The fourth-order valence-corrected chi connectivity index (χ4v) is 3.56. The summed E-state index contributed by atoms with van der Waals surface area (Å²) < 4.78 is 13.0. The number of anilines is 1. The van der Waals surface area contributed by atoms with Gasteiger partial charge in [-0.3, -0.25) is 14.5 Å². The zero-order valence-electron chi connectivity index (χ0n) is 13.8. The number of amidine groups is 1. The predicted octanol–water partition coefficient (Wildman–Crippen LogP) is 4.07. The van der Waals surface area contributed by atoms with E-state index in [9.17, 15) is 14.0 Å². The molecule has 1 atom stereocenters. The standard InChI is InChI=1S/C18H15ClFN3O2S/c1-23-16(24)10-15(17(25)21-13-7-5-12(20)6-8-13)26-18(23)22-14-4-2-3-11(19)9-14/h2-9,15H,10H2,1H3,(H,21,25). The van der Waals surface area contributed by atoms with Crippen molar-refractivity contribution in [3.8, 4) is 0 Å². The van der Waals surface area contributed by atoms with Crippen molar-refractivity contribution in [1.29, 1.82) is 0 Å². The lowest BCUT2D eigenvalue weighted by Crippen LogP contribution is -2.43. The molecule has 2 amide bonds. The first-order valence-electron chi connectivity index (χ1n) is 7.76. The Morgan fingerprint density at radius 1 is 1.31 bits per heavy atom. The average Bonchev–Trinajstić information content (AvgIpc) is 2.60. The van der Waals surface area contributed by atoms with Crippen LogP contribution in [0.1, 0.15) is 6.42 Å². The second-order valence-electron chi connectivity index (χ2n) is 5.63. The molecule has 1 aliphatic rings. The van der Waals surface area contributed by atoms with E-state index in [1.54, 1.807) is 31.3 Å². The van der Waals surface area contributed by atoms with Crippen LogP contribution in [0.2, 0.25) is 5.02 Å². The molecule has 2 aromatic rings. The van der Waals surface area contributed by atoms with Crippen LogP contribution in [0.25, 0.3) is 0 Å². The number of thioether (sulfide) groups is 1. The first kappa shape index (κ1) is 18.4. The van der Waals surface area contributed by atoms with Crippen LogP contribution in [-0.4, -0.2) is 34.2 Å². The van der Waals surface area contributed by atoms with Gasteiger partial charge in [0, 0.05) is 24.2 Å². The molecular formula is C18H15ClFN3O2S. The van der Waals surface area contributed by atoms with Gasteiger partial charge in [0.25, 0.3) is 0 Å². The molecule has 1 unspecified atom stereocenters. The van der Waals surface area contributed by atoms with Crippen LogP contribution in [0, 0.1) is 5.82 Å². The van der Waals surface area contributed by atoms with Crippen LogP contribution in [0.15, 0.2) is 53.5 Å². The minimum Gasteiger partial charge on any atom is -0.325 e. The average molecular weight is 392 g/mol. The first-order chi connectivity index (χ1) is 12.4. The van der Waals surface area contributed by atoms with Gasteiger partial charge in [-0.05, 0) is 42.5 Å². The molecule has 2 aromatic carbocycles. The van der Waals surface area contributed by atoms with Gasteiger partial charge in [0.15, 0.2) is 5.17 Å². The second-order valence-corrected chi connectivity index (χ2v) is 7.24. The van der Waals surface area contributed by atoms with E-state index < -0.39 is 5.25 Å². The Labute approximate surface area is 159 Å². The molecule has 1 saturated heterocycles. The van der Waals surface area contributed by atoms with Crippen LogP contribution in [-0.2, 0) is 9.59 Å². The van der Waals surface area contributed by atoms with Crippen LogP contribution >= 0.6 is 23.4 Å². The maximum atomic E-state index is 13.0. The summed E-state index contributed by atoms with van der Waals surface area (Å²) in [5.41, 5.74) is 1.07. The topological polar surface area (TPSA) is 61.8 Å². The van der Waals surface area contributed by atoms with E-state index in [0.29, 0.717) is 21.6 Å². The van der Waals surface area contributed by atoms with Gasteiger partial charge in [-0.15, -0.1) is 0 Å². The number of carbonyl (C=O) groups excluding carboxylic acids is 2. The first-order valence-corrected chi connectivity index (χ1v) is 9.02. The Hall–Kier alpha value is -2.38. The van der Waals surface area contributed by atoms with E-state index >= 15 is 0 Å². The smallest absolute Gasteiger partial charge is 0.238 e. The molecule has 1 fully saturated rings. The van der Waals surface area contributed by atoms with Crippen molar-refractivity contribution in [3.63, 3.8) is 0 Å². The van der Waals surface area contributed by atoms with E-state index in [-0.39, 0.29) is 24.1 Å². The quantitative estimate of drug-likeness (QED) is 0.857. The molecule has 0 aromatic heterocycles. The maximum absolute atomic E-state index is 13.0. The van der Waals surface area contributed by atoms with Gasteiger partial charge in [-0.25, -0.2) is 9.38 Å². The highest BCUT2D eigenvalue weighted by Crippen LogP contribution is 2.29. The maximum Gasteiger partial charge on any atom is 0.238 e. The number of carbonyl (C=O) groups is 2. The van der Waals surface area contributed by atoms with E-state index in [2.05, 4.69) is 10.3 Å². The highest BCUT2D eigenvalue weighted by atomic mass is 35.5. The van der Waals surface area contributed by atoms with Gasteiger partial charge in [-0.1, -0.05) is 29.4 Å². The number of halogens is 2. The molecule has 3 rings (SSSR count). The summed E-state index contributed by atoms with van der Waals surface area (Å²) in [4.78, 5) is 30.6. The molecule has 26 heavy (non-hydrogen) atoms. The van der Waals surface area contributed by atoms with Gasteiger partial charge < -0.3 is 5.32 Å². The summed E-state index contributed by atoms with van der Waals surface area (Å²) in [5.74, 6) is -0.923. The third-order valence-corrected chi connectivity index (χ3v) is 5.18. The van der Waals surface area contributed by atoms with Crippen LogP contribution in [0.4, 0.5) is 15.8 Å². The lowest BCUT2D eigenvalue weighted by atomic mass is 10.2. The molecule has 0 spiro atoms. The Balaban J connectivity index is 1.77. The second kappa shape index (κ2) is 7.88. The summed E-state index contributed by atoms with van der Waals surface area (Å²) in [6.07, 6.45) is 0.0583. The molecule has 5 nitrogen and oxygen atoms in total. The Morgan fingerprint density at radius 2 is 2.04 bits per heavy atom. The monoisotopic (exact) mass is 391 g/mol. The fourth-order valence-electron chi connectivity index (χ4n) is 2.31. The lowest BCUT2D eigenvalue weighted by molar-refractivity contribution is -0.128. The van der Waals surface area contributed by atoms with Crippen molar-refractivity contribution in [2.24, 2.45) is 4.99 Å². The summed E-state index contributed by atoms with van der Waals surface area (Å²) in [6.45, 7) is 0. The van der Waals surface area contributed by atoms with Crippen LogP contribution in [0.5, 0.6) is 0 Å². The van der Waals surface area contributed by atoms with Gasteiger partial charge in [-0.2, -0.15) is 0 Å². The van der Waals surface area contributed by atoms with E-state index in [0.717, 1.165) is 0 Å². The number of nitrogens with zero attached hydrogens (tertiary/aromatic N) is 2. The fraction of sp³-hybridized carbons (Fsp3) is 0.167. The summed E-state index contributed by atoms with van der Waals surface area (Å²) in [7, 11) is 1.62. The number of amides is 2. The molecule has 8 heteroatoms. The number of nitrogens with one attached hydrogen (secondary N) is 1. The SMILES string of the molecule is CN1C(=O)CC(C(=O)Nc2ccc(F)cc2)SC1=Nc1cccc(Cl)c1. The largest absolute Gasteiger partial charge is 0.325 e. The number of aliphatic imine (C=N–C) groups is 1. The lowest BCUT2D eigenvalue weighted by Gasteiger charge is -2.28.